The molecule has 2 atom stereocenters. The summed E-state index contributed by atoms with van der Waals surface area (Å²) >= 11 is 0. The van der Waals surface area contributed by atoms with Gasteiger partial charge in [-0.3, -0.25) is 14.5 Å². The van der Waals surface area contributed by atoms with Crippen molar-refractivity contribution >= 4 is 11.9 Å². The maximum absolute atomic E-state index is 11.8. The third kappa shape index (κ3) is 3.43. The molecule has 0 saturated carbocycles. The number of nitrogens with zero attached hydrogens (tertiary/aromatic N) is 1. The van der Waals surface area contributed by atoms with Crippen LogP contribution in [0, 0.1) is 0 Å². The molecule has 1 aliphatic rings. The Morgan fingerprint density at radius 1 is 1.56 bits per heavy atom. The van der Waals surface area contributed by atoms with Crippen LogP contribution in [0.2, 0.25) is 0 Å². The molecular weight excluding hydrogens is 236 g/mol. The quantitative estimate of drug-likeness (QED) is 0.705. The van der Waals surface area contributed by atoms with Crippen molar-refractivity contribution in [2.75, 3.05) is 26.8 Å². The molecule has 104 valence electrons. The van der Waals surface area contributed by atoms with Gasteiger partial charge >= 0.3 is 5.97 Å². The van der Waals surface area contributed by atoms with Crippen LogP contribution in [0.25, 0.3) is 0 Å². The van der Waals surface area contributed by atoms with E-state index in [0.717, 1.165) is 6.42 Å². The smallest absolute Gasteiger partial charge is 0.323 e. The fraction of sp³-hybridized carbons (Fsp3) is 0.833. The average Bonchev–Trinajstić information content (AvgIpc) is 2.61. The first-order valence-electron chi connectivity index (χ1n) is 6.17. The Hall–Kier alpha value is -1.14. The minimum Gasteiger partial charge on any atom is -0.480 e. The third-order valence-electron chi connectivity index (χ3n) is 3.41. The van der Waals surface area contributed by atoms with Crippen LogP contribution in [0.5, 0.6) is 0 Å². The van der Waals surface area contributed by atoms with Crippen LogP contribution in [0.3, 0.4) is 0 Å². The Morgan fingerprint density at radius 3 is 2.78 bits per heavy atom. The number of carbonyl (C=O) groups excluding carboxylic acids is 1. The zero-order valence-corrected chi connectivity index (χ0v) is 11.2. The number of nitrogens with one attached hydrogen (secondary N) is 1. The van der Waals surface area contributed by atoms with E-state index in [-0.39, 0.29) is 18.5 Å². The lowest BCUT2D eigenvalue weighted by molar-refractivity contribution is -0.149. The number of hydrogen-bond acceptors (Lipinski definition) is 4. The Labute approximate surface area is 107 Å². The fourth-order valence-corrected chi connectivity index (χ4v) is 2.30. The van der Waals surface area contributed by atoms with Gasteiger partial charge in [0.15, 0.2) is 0 Å². The Morgan fingerprint density at radius 2 is 2.22 bits per heavy atom. The van der Waals surface area contributed by atoms with E-state index in [1.807, 2.05) is 6.92 Å². The van der Waals surface area contributed by atoms with Gasteiger partial charge in [-0.2, -0.15) is 0 Å². The summed E-state index contributed by atoms with van der Waals surface area (Å²) in [5.74, 6) is -1.02. The molecule has 1 rings (SSSR count). The van der Waals surface area contributed by atoms with E-state index in [1.165, 1.54) is 0 Å². The van der Waals surface area contributed by atoms with Gasteiger partial charge in [0.1, 0.15) is 5.54 Å². The Kier molecular flexibility index (Phi) is 5.10. The number of likely N-dealkylation sites (tertiary alicyclic amines) is 1. The molecule has 2 N–H and O–H groups in total. The van der Waals surface area contributed by atoms with Crippen LogP contribution in [-0.4, -0.2) is 60.3 Å². The van der Waals surface area contributed by atoms with Gasteiger partial charge in [-0.05, 0) is 33.2 Å². The lowest BCUT2D eigenvalue weighted by Gasteiger charge is -2.30. The van der Waals surface area contributed by atoms with Crippen molar-refractivity contribution in [1.29, 1.82) is 0 Å². The molecule has 6 heteroatoms. The molecular formula is C12H22N2O4. The summed E-state index contributed by atoms with van der Waals surface area (Å²) in [4.78, 5) is 24.8. The van der Waals surface area contributed by atoms with Gasteiger partial charge in [0.25, 0.3) is 0 Å². The van der Waals surface area contributed by atoms with Crippen molar-refractivity contribution in [3.63, 3.8) is 0 Å². The van der Waals surface area contributed by atoms with E-state index in [4.69, 9.17) is 4.74 Å². The van der Waals surface area contributed by atoms with Crippen molar-refractivity contribution in [3.05, 3.63) is 0 Å². The van der Waals surface area contributed by atoms with Crippen molar-refractivity contribution in [1.82, 2.24) is 10.2 Å². The van der Waals surface area contributed by atoms with Gasteiger partial charge in [-0.1, -0.05) is 0 Å². The van der Waals surface area contributed by atoms with Gasteiger partial charge in [-0.15, -0.1) is 0 Å². The van der Waals surface area contributed by atoms with Crippen molar-refractivity contribution in [2.45, 2.75) is 38.3 Å². The van der Waals surface area contributed by atoms with Crippen LogP contribution in [0.4, 0.5) is 0 Å². The van der Waals surface area contributed by atoms with Gasteiger partial charge < -0.3 is 15.2 Å². The van der Waals surface area contributed by atoms with Crippen LogP contribution >= 0.6 is 0 Å². The first-order chi connectivity index (χ1) is 8.40. The van der Waals surface area contributed by atoms with Crippen LogP contribution in [0.15, 0.2) is 0 Å². The second kappa shape index (κ2) is 6.15. The number of hydrogen-bond donors (Lipinski definition) is 2. The second-order valence-corrected chi connectivity index (χ2v) is 5.03. The van der Waals surface area contributed by atoms with E-state index >= 15 is 0 Å². The summed E-state index contributed by atoms with van der Waals surface area (Å²) in [6, 6.07) is -0.0683. The first-order valence-corrected chi connectivity index (χ1v) is 6.17. The molecule has 0 aliphatic carbocycles. The predicted octanol–water partition coefficient (Wildman–Crippen LogP) is 0.0766. The maximum atomic E-state index is 11.8. The Bertz CT molecular complexity index is 321. The highest BCUT2D eigenvalue weighted by Crippen LogP contribution is 2.28. The zero-order chi connectivity index (χ0) is 13.8. The molecule has 1 aliphatic heterocycles. The topological polar surface area (TPSA) is 78.9 Å². The highest BCUT2D eigenvalue weighted by Gasteiger charge is 2.43. The van der Waals surface area contributed by atoms with E-state index in [0.29, 0.717) is 19.6 Å². The number of rotatable bonds is 6. The van der Waals surface area contributed by atoms with E-state index in [1.54, 1.807) is 18.9 Å². The lowest BCUT2D eigenvalue weighted by atomic mass is 9.99. The summed E-state index contributed by atoms with van der Waals surface area (Å²) in [7, 11) is 1.57. The molecule has 0 spiro atoms. The molecule has 18 heavy (non-hydrogen) atoms. The SMILES string of the molecule is COCC(C)NC(=O)CN1CCCC1(C)C(=O)O. The van der Waals surface area contributed by atoms with Gasteiger partial charge in [0.05, 0.1) is 13.2 Å². The molecule has 0 aromatic rings. The molecule has 1 fully saturated rings. The molecule has 2 unspecified atom stereocenters. The van der Waals surface area contributed by atoms with E-state index in [9.17, 15) is 14.7 Å². The second-order valence-electron chi connectivity index (χ2n) is 5.03. The van der Waals surface area contributed by atoms with Crippen LogP contribution in [-0.2, 0) is 14.3 Å². The average molecular weight is 258 g/mol. The largest absolute Gasteiger partial charge is 0.480 e. The van der Waals surface area contributed by atoms with Crippen LogP contribution < -0.4 is 5.32 Å². The standard InChI is InChI=1S/C12H22N2O4/c1-9(8-18-3)13-10(15)7-14-6-4-5-12(14,2)11(16)17/h9H,4-8H2,1-3H3,(H,13,15)(H,16,17). The number of carboxylic acids is 1. The summed E-state index contributed by atoms with van der Waals surface area (Å²) in [5, 5.41) is 12.0. The van der Waals surface area contributed by atoms with Crippen molar-refractivity contribution in [2.24, 2.45) is 0 Å². The van der Waals surface area contributed by atoms with E-state index in [2.05, 4.69) is 5.32 Å². The minimum atomic E-state index is -0.915. The van der Waals surface area contributed by atoms with Gasteiger partial charge in [-0.25, -0.2) is 0 Å². The Balaban J connectivity index is 2.51. The number of methoxy groups -OCH3 is 1. The highest BCUT2D eigenvalue weighted by molar-refractivity contribution is 5.82. The van der Waals surface area contributed by atoms with E-state index < -0.39 is 11.5 Å². The highest BCUT2D eigenvalue weighted by atomic mass is 16.5. The number of carbonyl (C=O) groups is 2. The van der Waals surface area contributed by atoms with Crippen molar-refractivity contribution < 1.29 is 19.4 Å². The molecule has 1 amide bonds. The lowest BCUT2D eigenvalue weighted by Crippen LogP contribution is -2.52. The number of carboxylic acid groups (broad SMARTS) is 1. The molecule has 1 heterocycles. The summed E-state index contributed by atoms with van der Waals surface area (Å²) in [6.07, 6.45) is 1.40. The number of aliphatic carboxylic acids is 1. The third-order valence-corrected chi connectivity index (χ3v) is 3.41. The van der Waals surface area contributed by atoms with Gasteiger partial charge in [0.2, 0.25) is 5.91 Å². The molecule has 0 bridgehead atoms. The summed E-state index contributed by atoms with van der Waals surface area (Å²) in [5.41, 5.74) is -0.915. The van der Waals surface area contributed by atoms with Crippen molar-refractivity contribution in [3.8, 4) is 0 Å². The van der Waals surface area contributed by atoms with Crippen LogP contribution in [0.1, 0.15) is 26.7 Å². The summed E-state index contributed by atoms with van der Waals surface area (Å²) in [6.45, 7) is 4.74. The number of amides is 1. The molecule has 0 aromatic carbocycles. The molecule has 6 nitrogen and oxygen atoms in total. The molecule has 0 aromatic heterocycles. The van der Waals surface area contributed by atoms with Gasteiger partial charge in [0, 0.05) is 13.2 Å². The normalized spacial score (nSPS) is 25.9. The zero-order valence-electron chi connectivity index (χ0n) is 11.2. The first kappa shape index (κ1) is 14.9. The summed E-state index contributed by atoms with van der Waals surface area (Å²) < 4.78 is 4.93. The maximum Gasteiger partial charge on any atom is 0.323 e. The fourth-order valence-electron chi connectivity index (χ4n) is 2.30. The predicted molar refractivity (Wildman–Crippen MR) is 66.3 cm³/mol. The molecule has 0 radical (unpaired) electrons. The monoisotopic (exact) mass is 258 g/mol. The molecule has 1 saturated heterocycles. The number of ether oxygens (including phenoxy) is 1. The minimum absolute atomic E-state index is 0.0683.